The molecule has 1 rings (SSSR count). The zero-order valence-electron chi connectivity index (χ0n) is 12.1. The Bertz CT molecular complexity index is 345. The normalized spacial score (nSPS) is 9.05. The molecule has 0 saturated carbocycles. The minimum absolute atomic E-state index is 0.290. The fourth-order valence-corrected chi connectivity index (χ4v) is 1.18. The van der Waals surface area contributed by atoms with Crippen LogP contribution in [0.1, 0.15) is 31.4 Å². The molecule has 0 amide bonds. The lowest BCUT2D eigenvalue weighted by atomic mass is 10.2. The summed E-state index contributed by atoms with van der Waals surface area (Å²) in [5.74, 6) is -1.07. The number of benzene rings is 1. The van der Waals surface area contributed by atoms with E-state index in [1.807, 2.05) is 0 Å². The summed E-state index contributed by atoms with van der Waals surface area (Å²) in [6, 6.07) is 8.48. The van der Waals surface area contributed by atoms with Crippen LogP contribution in [0, 0.1) is 13.8 Å². The molecule has 4 nitrogen and oxygen atoms in total. The van der Waals surface area contributed by atoms with Crippen molar-refractivity contribution >= 4 is 11.9 Å². The summed E-state index contributed by atoms with van der Waals surface area (Å²) in [6.07, 6.45) is -0.290. The number of esters is 2. The summed E-state index contributed by atoms with van der Waals surface area (Å²) in [4.78, 5) is 21.2. The number of hydrogen-bond donors (Lipinski definition) is 0. The lowest BCUT2D eigenvalue weighted by Gasteiger charge is -2.00. The molecule has 0 atom stereocenters. The van der Waals surface area contributed by atoms with Gasteiger partial charge in [0.25, 0.3) is 0 Å². The van der Waals surface area contributed by atoms with Crippen LogP contribution < -0.4 is 0 Å². The fourth-order valence-electron chi connectivity index (χ4n) is 1.18. The lowest BCUT2D eigenvalue weighted by Crippen LogP contribution is -2.13. The monoisotopic (exact) mass is 266 g/mol. The molecule has 0 bridgehead atoms. The van der Waals surface area contributed by atoms with Crippen LogP contribution in [0.4, 0.5) is 0 Å². The summed E-state index contributed by atoms with van der Waals surface area (Å²) in [6.45, 7) is 8.14. The van der Waals surface area contributed by atoms with Crippen LogP contribution in [0.2, 0.25) is 0 Å². The molecule has 0 heterocycles. The Hall–Kier alpha value is -1.84. The van der Waals surface area contributed by atoms with E-state index in [-0.39, 0.29) is 19.6 Å². The van der Waals surface area contributed by atoms with Crippen molar-refractivity contribution in [2.45, 2.75) is 34.1 Å². The van der Waals surface area contributed by atoms with Gasteiger partial charge in [-0.1, -0.05) is 35.4 Å². The first-order valence-electron chi connectivity index (χ1n) is 6.34. The average Bonchev–Trinajstić information content (AvgIpc) is 2.34. The molecule has 0 unspecified atom stereocenters. The van der Waals surface area contributed by atoms with E-state index in [2.05, 4.69) is 47.6 Å². The van der Waals surface area contributed by atoms with Gasteiger partial charge in [-0.2, -0.15) is 0 Å². The van der Waals surface area contributed by atoms with Gasteiger partial charge in [0, 0.05) is 0 Å². The van der Waals surface area contributed by atoms with Crippen LogP contribution in [0.25, 0.3) is 0 Å². The van der Waals surface area contributed by atoms with Crippen LogP contribution in [-0.2, 0) is 19.1 Å². The lowest BCUT2D eigenvalue weighted by molar-refractivity contribution is -0.153. The molecule has 0 aromatic heterocycles. The number of carbonyl (C=O) groups is 2. The van der Waals surface area contributed by atoms with E-state index in [0.717, 1.165) is 0 Å². The summed E-state index contributed by atoms with van der Waals surface area (Å²) < 4.78 is 9.04. The molecule has 0 aliphatic carbocycles. The van der Waals surface area contributed by atoms with Crippen LogP contribution in [0.3, 0.4) is 0 Å². The van der Waals surface area contributed by atoms with Crippen LogP contribution in [-0.4, -0.2) is 25.2 Å². The predicted octanol–water partition coefficient (Wildman–Crippen LogP) is 2.81. The topological polar surface area (TPSA) is 52.6 Å². The molecule has 4 heteroatoms. The Morgan fingerprint density at radius 2 is 1.16 bits per heavy atom. The first-order chi connectivity index (χ1) is 8.99. The highest BCUT2D eigenvalue weighted by atomic mass is 16.5. The molecule has 0 saturated heterocycles. The molecule has 0 fully saturated rings. The smallest absolute Gasteiger partial charge is 0.317 e. The third kappa shape index (κ3) is 9.83. The van der Waals surface area contributed by atoms with Gasteiger partial charge in [0.15, 0.2) is 0 Å². The van der Waals surface area contributed by atoms with Crippen LogP contribution in [0.15, 0.2) is 24.3 Å². The Balaban J connectivity index is 0.000000356. The Labute approximate surface area is 114 Å². The van der Waals surface area contributed by atoms with Crippen molar-refractivity contribution in [2.24, 2.45) is 0 Å². The SMILES string of the molecule is CCOC(=O)CC(=O)OCC.Cc1ccc(C)cc1. The van der Waals surface area contributed by atoms with Gasteiger partial charge in [-0.25, -0.2) is 0 Å². The molecule has 1 aromatic carbocycles. The van der Waals surface area contributed by atoms with Crippen molar-refractivity contribution in [3.05, 3.63) is 35.4 Å². The van der Waals surface area contributed by atoms with Crippen molar-refractivity contribution < 1.29 is 19.1 Å². The third-order valence-corrected chi connectivity index (χ3v) is 2.12. The number of aryl methyl sites for hydroxylation is 2. The summed E-state index contributed by atoms with van der Waals surface area (Å²) >= 11 is 0. The van der Waals surface area contributed by atoms with E-state index in [9.17, 15) is 9.59 Å². The average molecular weight is 266 g/mol. The van der Waals surface area contributed by atoms with E-state index >= 15 is 0 Å². The van der Waals surface area contributed by atoms with Gasteiger partial charge in [0.05, 0.1) is 13.2 Å². The van der Waals surface area contributed by atoms with E-state index in [4.69, 9.17) is 0 Å². The van der Waals surface area contributed by atoms with E-state index in [0.29, 0.717) is 0 Å². The molecular weight excluding hydrogens is 244 g/mol. The number of hydrogen-bond acceptors (Lipinski definition) is 4. The van der Waals surface area contributed by atoms with Gasteiger partial charge in [0.2, 0.25) is 0 Å². The quantitative estimate of drug-likeness (QED) is 0.621. The van der Waals surface area contributed by atoms with Crippen molar-refractivity contribution in [1.82, 2.24) is 0 Å². The first-order valence-corrected chi connectivity index (χ1v) is 6.34. The van der Waals surface area contributed by atoms with Crippen molar-refractivity contribution in [3.63, 3.8) is 0 Å². The largest absolute Gasteiger partial charge is 0.466 e. The minimum atomic E-state index is -0.536. The van der Waals surface area contributed by atoms with Gasteiger partial charge in [-0.3, -0.25) is 9.59 Å². The maximum atomic E-state index is 10.6. The molecule has 0 aliphatic heterocycles. The van der Waals surface area contributed by atoms with E-state index in [1.165, 1.54) is 11.1 Å². The molecule has 0 spiro atoms. The van der Waals surface area contributed by atoms with Crippen LogP contribution in [0.5, 0.6) is 0 Å². The molecule has 1 aromatic rings. The highest BCUT2D eigenvalue weighted by molar-refractivity contribution is 5.91. The second-order valence-corrected chi connectivity index (χ2v) is 3.94. The summed E-state index contributed by atoms with van der Waals surface area (Å²) in [7, 11) is 0. The molecule has 0 aliphatic rings. The second kappa shape index (κ2) is 10.1. The summed E-state index contributed by atoms with van der Waals surface area (Å²) in [5.41, 5.74) is 2.66. The number of ether oxygens (including phenoxy) is 2. The maximum absolute atomic E-state index is 10.6. The highest BCUT2D eigenvalue weighted by Crippen LogP contribution is 1.99. The van der Waals surface area contributed by atoms with Gasteiger partial charge < -0.3 is 9.47 Å². The zero-order chi connectivity index (χ0) is 14.7. The van der Waals surface area contributed by atoms with Crippen molar-refractivity contribution in [3.8, 4) is 0 Å². The van der Waals surface area contributed by atoms with Gasteiger partial charge in [-0.15, -0.1) is 0 Å². The maximum Gasteiger partial charge on any atom is 0.317 e. The Morgan fingerprint density at radius 1 is 0.842 bits per heavy atom. The Morgan fingerprint density at radius 3 is 1.42 bits per heavy atom. The fraction of sp³-hybridized carbons (Fsp3) is 0.467. The number of carbonyl (C=O) groups excluding carboxylic acids is 2. The molecule has 19 heavy (non-hydrogen) atoms. The third-order valence-electron chi connectivity index (χ3n) is 2.12. The molecule has 106 valence electrons. The predicted molar refractivity (Wildman–Crippen MR) is 73.8 cm³/mol. The molecule has 0 radical (unpaired) electrons. The standard InChI is InChI=1S/C8H10.C7H12O4/c1-7-3-5-8(2)6-4-7;1-3-10-6(8)5-7(9)11-4-2/h3-6H,1-2H3;3-5H2,1-2H3. The number of rotatable bonds is 4. The van der Waals surface area contributed by atoms with Gasteiger partial charge in [0.1, 0.15) is 6.42 Å². The molecular formula is C15H22O4. The van der Waals surface area contributed by atoms with E-state index < -0.39 is 11.9 Å². The van der Waals surface area contributed by atoms with Crippen molar-refractivity contribution in [2.75, 3.05) is 13.2 Å². The highest BCUT2D eigenvalue weighted by Gasteiger charge is 2.09. The first kappa shape index (κ1) is 17.2. The zero-order valence-corrected chi connectivity index (χ0v) is 12.1. The molecule has 0 N–H and O–H groups in total. The minimum Gasteiger partial charge on any atom is -0.466 e. The van der Waals surface area contributed by atoms with Crippen molar-refractivity contribution in [1.29, 1.82) is 0 Å². The van der Waals surface area contributed by atoms with Gasteiger partial charge >= 0.3 is 11.9 Å². The van der Waals surface area contributed by atoms with Gasteiger partial charge in [-0.05, 0) is 27.7 Å². The van der Waals surface area contributed by atoms with E-state index in [1.54, 1.807) is 13.8 Å². The Kier molecular flexibility index (Phi) is 9.14. The van der Waals surface area contributed by atoms with Crippen LogP contribution >= 0.6 is 0 Å². The second-order valence-electron chi connectivity index (χ2n) is 3.94. The summed E-state index contributed by atoms with van der Waals surface area (Å²) in [5, 5.41) is 0.